The summed E-state index contributed by atoms with van der Waals surface area (Å²) in [5.74, 6) is 0. The van der Waals surface area contributed by atoms with E-state index in [0.29, 0.717) is 0 Å². The van der Waals surface area contributed by atoms with Crippen molar-refractivity contribution in [1.29, 1.82) is 0 Å². The van der Waals surface area contributed by atoms with Crippen molar-refractivity contribution in [3.8, 4) is 0 Å². The number of anilines is 2. The van der Waals surface area contributed by atoms with Gasteiger partial charge in [0.15, 0.2) is 0 Å². The molecule has 0 radical (unpaired) electrons. The zero-order valence-corrected chi connectivity index (χ0v) is 10.2. The summed E-state index contributed by atoms with van der Waals surface area (Å²) >= 11 is 0. The molecule has 88 valence electrons. The summed E-state index contributed by atoms with van der Waals surface area (Å²) in [5, 5.41) is 1.17. The maximum Gasteiger partial charge on any atom is 0.0722 e. The van der Waals surface area contributed by atoms with Crippen molar-refractivity contribution in [3.63, 3.8) is 0 Å². The second-order valence-electron chi connectivity index (χ2n) is 4.24. The molecule has 0 fully saturated rings. The van der Waals surface area contributed by atoms with Crippen LogP contribution in [0.5, 0.6) is 0 Å². The third kappa shape index (κ3) is 1.82. The lowest BCUT2D eigenvalue weighted by atomic mass is 10.1. The van der Waals surface area contributed by atoms with Gasteiger partial charge in [0.25, 0.3) is 0 Å². The fourth-order valence-electron chi connectivity index (χ4n) is 2.16. The average Bonchev–Trinajstić information content (AvgIpc) is 2.47. The van der Waals surface area contributed by atoms with Crippen LogP contribution in [0.2, 0.25) is 0 Å². The lowest BCUT2D eigenvalue weighted by molar-refractivity contribution is 1.21. The van der Waals surface area contributed by atoms with Gasteiger partial charge < -0.3 is 4.90 Å². The molecule has 0 atom stereocenters. The largest absolute Gasteiger partial charge is 0.344 e. The lowest BCUT2D eigenvalue weighted by Crippen LogP contribution is -2.09. The molecule has 2 aromatic carbocycles. The SMILES string of the molecule is CN(c1ccccc1)c1ccnc2ccccc12. The van der Waals surface area contributed by atoms with Crippen LogP contribution in [0.4, 0.5) is 11.4 Å². The maximum absolute atomic E-state index is 4.39. The predicted molar refractivity (Wildman–Crippen MR) is 76.2 cm³/mol. The minimum absolute atomic E-state index is 1.03. The summed E-state index contributed by atoms with van der Waals surface area (Å²) in [6.45, 7) is 0. The van der Waals surface area contributed by atoms with Crippen molar-refractivity contribution in [2.45, 2.75) is 0 Å². The molecule has 1 aromatic heterocycles. The van der Waals surface area contributed by atoms with Gasteiger partial charge in [0.1, 0.15) is 0 Å². The highest BCUT2D eigenvalue weighted by Gasteiger charge is 2.07. The van der Waals surface area contributed by atoms with Crippen LogP contribution in [0.15, 0.2) is 66.9 Å². The van der Waals surface area contributed by atoms with Crippen LogP contribution in [-0.4, -0.2) is 12.0 Å². The smallest absolute Gasteiger partial charge is 0.0722 e. The number of pyridine rings is 1. The topological polar surface area (TPSA) is 16.1 Å². The van der Waals surface area contributed by atoms with Crippen LogP contribution >= 0.6 is 0 Å². The fraction of sp³-hybridized carbons (Fsp3) is 0.0625. The summed E-state index contributed by atoms with van der Waals surface area (Å²) in [4.78, 5) is 6.58. The van der Waals surface area contributed by atoms with Gasteiger partial charge >= 0.3 is 0 Å². The van der Waals surface area contributed by atoms with E-state index in [0.717, 1.165) is 5.52 Å². The zero-order valence-electron chi connectivity index (χ0n) is 10.2. The third-order valence-corrected chi connectivity index (χ3v) is 3.13. The average molecular weight is 234 g/mol. The van der Waals surface area contributed by atoms with E-state index in [1.807, 2.05) is 30.5 Å². The van der Waals surface area contributed by atoms with Crippen molar-refractivity contribution >= 4 is 22.3 Å². The highest BCUT2D eigenvalue weighted by atomic mass is 15.1. The highest BCUT2D eigenvalue weighted by molar-refractivity contribution is 5.93. The summed E-state index contributed by atoms with van der Waals surface area (Å²) in [6, 6.07) is 20.6. The molecule has 0 aliphatic heterocycles. The first-order chi connectivity index (χ1) is 8.86. The lowest BCUT2D eigenvalue weighted by Gasteiger charge is -2.20. The highest BCUT2D eigenvalue weighted by Crippen LogP contribution is 2.29. The Balaban J connectivity index is 2.15. The molecule has 1 heterocycles. The molecule has 2 nitrogen and oxygen atoms in total. The molecule has 0 aliphatic rings. The van der Waals surface area contributed by atoms with Crippen LogP contribution in [0, 0.1) is 0 Å². The molecule has 0 bridgehead atoms. The monoisotopic (exact) mass is 234 g/mol. The molecule has 3 aromatic rings. The van der Waals surface area contributed by atoms with Gasteiger partial charge in [0, 0.05) is 24.3 Å². The van der Waals surface area contributed by atoms with Crippen LogP contribution in [0.1, 0.15) is 0 Å². The number of nitrogens with zero attached hydrogens (tertiary/aromatic N) is 2. The molecule has 0 saturated heterocycles. The van der Waals surface area contributed by atoms with Crippen molar-refractivity contribution in [2.75, 3.05) is 11.9 Å². The van der Waals surface area contributed by atoms with E-state index in [-0.39, 0.29) is 0 Å². The van der Waals surface area contributed by atoms with E-state index in [1.54, 1.807) is 0 Å². The number of hydrogen-bond acceptors (Lipinski definition) is 2. The molecule has 0 saturated carbocycles. The van der Waals surface area contributed by atoms with Crippen LogP contribution in [0.25, 0.3) is 10.9 Å². The van der Waals surface area contributed by atoms with Gasteiger partial charge in [-0.3, -0.25) is 4.98 Å². The number of rotatable bonds is 2. The molecule has 18 heavy (non-hydrogen) atoms. The van der Waals surface area contributed by atoms with E-state index in [2.05, 4.69) is 53.3 Å². The summed E-state index contributed by atoms with van der Waals surface area (Å²) in [6.07, 6.45) is 1.86. The Bertz CT molecular complexity index is 657. The third-order valence-electron chi connectivity index (χ3n) is 3.13. The Hall–Kier alpha value is -2.35. The number of benzene rings is 2. The summed E-state index contributed by atoms with van der Waals surface area (Å²) in [5.41, 5.74) is 3.37. The van der Waals surface area contributed by atoms with Crippen molar-refractivity contribution in [1.82, 2.24) is 4.98 Å². The standard InChI is InChI=1S/C16H14N2/c1-18(13-7-3-2-4-8-13)16-11-12-17-15-10-6-5-9-14(15)16/h2-12H,1H3. The van der Waals surface area contributed by atoms with Crippen molar-refractivity contribution < 1.29 is 0 Å². The molecule has 0 aliphatic carbocycles. The van der Waals surface area contributed by atoms with Crippen molar-refractivity contribution in [3.05, 3.63) is 66.9 Å². The minimum Gasteiger partial charge on any atom is -0.344 e. The van der Waals surface area contributed by atoms with E-state index in [9.17, 15) is 0 Å². The number of hydrogen-bond donors (Lipinski definition) is 0. The Kier molecular flexibility index (Phi) is 2.69. The second-order valence-corrected chi connectivity index (χ2v) is 4.24. The van der Waals surface area contributed by atoms with E-state index < -0.39 is 0 Å². The first kappa shape index (κ1) is 10.8. The Morgan fingerprint density at radius 3 is 2.39 bits per heavy atom. The predicted octanol–water partition coefficient (Wildman–Crippen LogP) is 4.00. The Morgan fingerprint density at radius 1 is 0.833 bits per heavy atom. The van der Waals surface area contributed by atoms with Gasteiger partial charge in [-0.05, 0) is 24.3 Å². The quantitative estimate of drug-likeness (QED) is 0.666. The molecule has 0 amide bonds. The van der Waals surface area contributed by atoms with Gasteiger partial charge in [-0.2, -0.15) is 0 Å². The van der Waals surface area contributed by atoms with E-state index in [1.165, 1.54) is 16.8 Å². The second kappa shape index (κ2) is 4.49. The molecular formula is C16H14N2. The normalized spacial score (nSPS) is 10.5. The Morgan fingerprint density at radius 2 is 1.56 bits per heavy atom. The van der Waals surface area contributed by atoms with E-state index in [4.69, 9.17) is 0 Å². The number of fused-ring (bicyclic) bond motifs is 1. The molecule has 0 N–H and O–H groups in total. The molecule has 2 heteroatoms. The minimum atomic E-state index is 1.03. The summed E-state index contributed by atoms with van der Waals surface area (Å²) in [7, 11) is 2.08. The fourth-order valence-corrected chi connectivity index (χ4v) is 2.16. The molecule has 3 rings (SSSR count). The molecular weight excluding hydrogens is 220 g/mol. The maximum atomic E-state index is 4.39. The first-order valence-corrected chi connectivity index (χ1v) is 5.99. The number of aromatic nitrogens is 1. The van der Waals surface area contributed by atoms with Gasteiger partial charge in [0.2, 0.25) is 0 Å². The first-order valence-electron chi connectivity index (χ1n) is 5.99. The molecule has 0 spiro atoms. The van der Waals surface area contributed by atoms with E-state index >= 15 is 0 Å². The van der Waals surface area contributed by atoms with Crippen molar-refractivity contribution in [2.24, 2.45) is 0 Å². The number of para-hydroxylation sites is 2. The zero-order chi connectivity index (χ0) is 12.4. The van der Waals surface area contributed by atoms with Crippen LogP contribution < -0.4 is 4.90 Å². The van der Waals surface area contributed by atoms with Gasteiger partial charge in [-0.1, -0.05) is 36.4 Å². The van der Waals surface area contributed by atoms with Gasteiger partial charge in [0.05, 0.1) is 11.2 Å². The van der Waals surface area contributed by atoms with Crippen LogP contribution in [0.3, 0.4) is 0 Å². The Labute approximate surface area is 107 Å². The summed E-state index contributed by atoms with van der Waals surface area (Å²) < 4.78 is 0. The van der Waals surface area contributed by atoms with Crippen LogP contribution in [-0.2, 0) is 0 Å². The van der Waals surface area contributed by atoms with Gasteiger partial charge in [-0.15, -0.1) is 0 Å². The molecule has 0 unspecified atom stereocenters. The van der Waals surface area contributed by atoms with Gasteiger partial charge in [-0.25, -0.2) is 0 Å².